The zero-order valence-corrected chi connectivity index (χ0v) is 29.8. The lowest BCUT2D eigenvalue weighted by Crippen LogP contribution is -2.52. The number of esters is 2. The first kappa shape index (κ1) is 37.5. The predicted octanol–water partition coefficient (Wildman–Crippen LogP) is 5.65. The van der Waals surface area contributed by atoms with Gasteiger partial charge in [-0.15, -0.1) is 0 Å². The van der Waals surface area contributed by atoms with Crippen molar-refractivity contribution in [3.05, 3.63) is 52.0 Å². The molecule has 1 aliphatic heterocycles. The van der Waals surface area contributed by atoms with E-state index < -0.39 is 60.8 Å². The van der Waals surface area contributed by atoms with E-state index in [-0.39, 0.29) is 26.7 Å². The van der Waals surface area contributed by atoms with Gasteiger partial charge in [0, 0.05) is 29.3 Å². The molecule has 0 fully saturated rings. The van der Waals surface area contributed by atoms with E-state index in [0.29, 0.717) is 24.2 Å². The molecule has 2 amide bonds. The van der Waals surface area contributed by atoms with Gasteiger partial charge in [0.05, 0.1) is 21.4 Å². The first-order chi connectivity index (χ1) is 21.2. The number of anilines is 2. The lowest BCUT2D eigenvalue weighted by atomic mass is 9.97. The van der Waals surface area contributed by atoms with E-state index >= 15 is 0 Å². The Morgan fingerprint density at radius 3 is 2.13 bits per heavy atom. The minimum atomic E-state index is -4.62. The van der Waals surface area contributed by atoms with Crippen molar-refractivity contribution in [2.45, 2.75) is 58.8 Å². The van der Waals surface area contributed by atoms with Crippen molar-refractivity contribution >= 4 is 71.3 Å². The summed E-state index contributed by atoms with van der Waals surface area (Å²) in [7, 11) is -4.75. The molecule has 0 saturated heterocycles. The summed E-state index contributed by atoms with van der Waals surface area (Å²) in [5.41, 5.74) is -0.872. The van der Waals surface area contributed by atoms with E-state index in [0.717, 1.165) is 4.31 Å². The lowest BCUT2D eigenvalue weighted by Gasteiger charge is -2.35. The molecular formula is C29H37Cl2N3O10PS+. The maximum absolute atomic E-state index is 14.4. The van der Waals surface area contributed by atoms with Gasteiger partial charge >= 0.3 is 32.6 Å². The number of benzene rings is 2. The molecule has 0 spiro atoms. The molecule has 0 bridgehead atoms. The Morgan fingerprint density at radius 2 is 1.59 bits per heavy atom. The SMILES string of the molecule is CNC(=O)N1CCc2cc(N(CC(OCOC(=O)C(C)(C)C)(O[PH+]=O)OC(=O)C(C)(C)C)S(=O)(=O)c3cc(Cl)cc(Cl)c3)ccc21. The molecule has 2 aromatic rings. The Hall–Kier alpha value is -3.00. The van der Waals surface area contributed by atoms with Crippen LogP contribution in [0.15, 0.2) is 41.3 Å². The van der Waals surface area contributed by atoms with Gasteiger partial charge in [0.1, 0.15) is 6.54 Å². The third-order valence-electron chi connectivity index (χ3n) is 6.61. The summed E-state index contributed by atoms with van der Waals surface area (Å²) in [6.07, 6.45) is 0.398. The topological polar surface area (TPSA) is 158 Å². The Balaban J connectivity index is 2.21. The summed E-state index contributed by atoms with van der Waals surface area (Å²) in [5, 5.41) is 2.61. The summed E-state index contributed by atoms with van der Waals surface area (Å²) < 4.78 is 63.4. The minimum absolute atomic E-state index is 0.0225. The average Bonchev–Trinajstić information content (AvgIpc) is 3.37. The van der Waals surface area contributed by atoms with E-state index in [1.807, 2.05) is 0 Å². The summed E-state index contributed by atoms with van der Waals surface area (Å²) in [6.45, 7) is 7.93. The number of ether oxygens (including phenoxy) is 3. The molecule has 2 atom stereocenters. The van der Waals surface area contributed by atoms with Gasteiger partial charge in [-0.2, -0.15) is 0 Å². The van der Waals surface area contributed by atoms with E-state index in [2.05, 4.69) is 5.32 Å². The molecule has 13 nitrogen and oxygen atoms in total. The van der Waals surface area contributed by atoms with Crippen molar-refractivity contribution in [1.29, 1.82) is 0 Å². The number of urea groups is 1. The fraction of sp³-hybridized carbons (Fsp3) is 0.483. The highest BCUT2D eigenvalue weighted by Crippen LogP contribution is 2.37. The smallest absolute Gasteiger partial charge is 0.438 e. The van der Waals surface area contributed by atoms with Crippen LogP contribution < -0.4 is 14.5 Å². The number of carbonyl (C=O) groups excluding carboxylic acids is 3. The lowest BCUT2D eigenvalue weighted by molar-refractivity contribution is -0.338. The molecule has 1 aliphatic rings. The highest BCUT2D eigenvalue weighted by atomic mass is 35.5. The largest absolute Gasteiger partial charge is 0.500 e. The second kappa shape index (κ2) is 14.4. The number of hydrogen-bond acceptors (Lipinski definition) is 10. The van der Waals surface area contributed by atoms with Gasteiger partial charge in [0.15, 0.2) is 6.79 Å². The summed E-state index contributed by atoms with van der Waals surface area (Å²) >= 11 is 12.3. The Bertz CT molecular complexity index is 1590. The maximum Gasteiger partial charge on any atom is 0.500 e. The van der Waals surface area contributed by atoms with Gasteiger partial charge in [-0.3, -0.25) is 23.5 Å². The number of halogens is 2. The van der Waals surface area contributed by atoms with Crippen LogP contribution in [-0.4, -0.2) is 59.3 Å². The molecule has 0 aliphatic carbocycles. The predicted molar refractivity (Wildman–Crippen MR) is 173 cm³/mol. The molecule has 2 aromatic carbocycles. The van der Waals surface area contributed by atoms with Crippen LogP contribution in [-0.2, 0) is 49.3 Å². The fourth-order valence-electron chi connectivity index (χ4n) is 4.12. The number of nitrogens with one attached hydrogen (secondary N) is 1. The molecule has 17 heteroatoms. The van der Waals surface area contributed by atoms with Crippen molar-refractivity contribution < 1.29 is 46.1 Å². The molecule has 252 valence electrons. The zero-order chi connectivity index (χ0) is 34.7. The van der Waals surface area contributed by atoms with Crippen molar-refractivity contribution in [3.63, 3.8) is 0 Å². The molecule has 46 heavy (non-hydrogen) atoms. The van der Waals surface area contributed by atoms with Crippen molar-refractivity contribution in [2.75, 3.05) is 36.1 Å². The quantitative estimate of drug-likeness (QED) is 0.175. The van der Waals surface area contributed by atoms with Crippen molar-refractivity contribution in [3.8, 4) is 0 Å². The summed E-state index contributed by atoms with van der Waals surface area (Å²) in [5.74, 6) is -4.29. The van der Waals surface area contributed by atoms with E-state index in [9.17, 15) is 27.4 Å². The molecule has 3 rings (SSSR count). The van der Waals surface area contributed by atoms with Gasteiger partial charge in [0.2, 0.25) is 0 Å². The monoisotopic (exact) mass is 720 g/mol. The molecule has 0 aromatic heterocycles. The molecular weight excluding hydrogens is 684 g/mol. The van der Waals surface area contributed by atoms with E-state index in [4.69, 9.17) is 41.9 Å². The molecule has 1 heterocycles. The van der Waals surface area contributed by atoms with E-state index in [1.54, 1.807) is 26.8 Å². The Labute approximate surface area is 279 Å². The highest BCUT2D eigenvalue weighted by molar-refractivity contribution is 7.92. The van der Waals surface area contributed by atoms with Gasteiger partial charge in [-0.1, -0.05) is 27.7 Å². The number of carbonyl (C=O) groups is 3. The van der Waals surface area contributed by atoms with Gasteiger partial charge in [-0.25, -0.2) is 13.2 Å². The number of sulfonamides is 1. The maximum atomic E-state index is 14.4. The van der Waals surface area contributed by atoms with Crippen LogP contribution in [0.4, 0.5) is 16.2 Å². The molecule has 0 radical (unpaired) electrons. The van der Waals surface area contributed by atoms with Gasteiger partial charge < -0.3 is 14.8 Å². The van der Waals surface area contributed by atoms with Crippen LogP contribution in [0, 0.1) is 10.8 Å². The van der Waals surface area contributed by atoms with Crippen LogP contribution in [0.3, 0.4) is 0 Å². The van der Waals surface area contributed by atoms with Crippen LogP contribution >= 0.6 is 31.9 Å². The first-order valence-corrected chi connectivity index (χ1v) is 17.0. The van der Waals surface area contributed by atoms with Crippen LogP contribution in [0.2, 0.25) is 10.0 Å². The standard InChI is InChI=1S/C29H36Cl2N3O10PS/c1-27(2,3)24(35)41-17-42-29(44-45-38,43-25(36)28(4,5)6)16-34(46(39,40)22-14-19(30)13-20(31)15-22)21-8-9-23-18(12-21)10-11-33(23)26(37)32-7/h8-9,12-15,45H,10-11,16-17H2,1-7H3/p+1. The molecule has 2 unspecified atom stereocenters. The van der Waals surface area contributed by atoms with Gasteiger partial charge in [-0.05, 0) is 94.5 Å². The first-order valence-electron chi connectivity index (χ1n) is 13.9. The fourth-order valence-corrected chi connectivity index (χ4v) is 6.59. The van der Waals surface area contributed by atoms with Crippen LogP contribution in [0.5, 0.6) is 0 Å². The Kier molecular flexibility index (Phi) is 11.7. The minimum Gasteiger partial charge on any atom is -0.438 e. The second-order valence-corrected chi connectivity index (χ2v) is 15.4. The summed E-state index contributed by atoms with van der Waals surface area (Å²) in [4.78, 5) is 39.2. The number of fused-ring (bicyclic) bond motifs is 1. The molecule has 1 N–H and O–H groups in total. The Morgan fingerprint density at radius 1 is 0.978 bits per heavy atom. The van der Waals surface area contributed by atoms with Gasteiger partial charge in [0.25, 0.3) is 10.0 Å². The number of hydrogen-bond donors (Lipinski definition) is 1. The van der Waals surface area contributed by atoms with Crippen molar-refractivity contribution in [1.82, 2.24) is 5.32 Å². The van der Waals surface area contributed by atoms with Crippen molar-refractivity contribution in [2.24, 2.45) is 10.8 Å². The third-order valence-corrected chi connectivity index (χ3v) is 9.19. The average molecular weight is 722 g/mol. The third kappa shape index (κ3) is 8.87. The normalized spacial score (nSPS) is 14.8. The second-order valence-electron chi connectivity index (χ2n) is 12.3. The highest BCUT2D eigenvalue weighted by Gasteiger charge is 2.49. The summed E-state index contributed by atoms with van der Waals surface area (Å²) in [6, 6.07) is 7.87. The zero-order valence-electron chi connectivity index (χ0n) is 26.4. The van der Waals surface area contributed by atoms with E-state index in [1.165, 1.54) is 63.1 Å². The van der Waals surface area contributed by atoms with Crippen LogP contribution in [0.25, 0.3) is 0 Å². The number of rotatable bonds is 11. The molecule has 0 saturated carbocycles. The number of nitrogens with zero attached hydrogens (tertiary/aromatic N) is 2. The number of amides is 2. The van der Waals surface area contributed by atoms with Crippen LogP contribution in [0.1, 0.15) is 47.1 Å².